The molecule has 0 spiro atoms. The van der Waals surface area contributed by atoms with Gasteiger partial charge in [-0.15, -0.1) is 0 Å². The molecule has 28 heavy (non-hydrogen) atoms. The molecule has 0 N–H and O–H groups in total. The predicted octanol–water partition coefficient (Wildman–Crippen LogP) is 8.01. The molecular formula is C26H51N2+. The Morgan fingerprint density at radius 3 is 1.64 bits per heavy atom. The van der Waals surface area contributed by atoms with E-state index in [0.29, 0.717) is 0 Å². The summed E-state index contributed by atoms with van der Waals surface area (Å²) >= 11 is 0. The van der Waals surface area contributed by atoms with Crippen LogP contribution in [0.2, 0.25) is 0 Å². The number of hydrogen-bond donors (Lipinski definition) is 0. The lowest BCUT2D eigenvalue weighted by Crippen LogP contribution is -2.37. The third kappa shape index (κ3) is 11.9. The first-order chi connectivity index (χ1) is 13.8. The van der Waals surface area contributed by atoms with Crippen molar-refractivity contribution in [3.63, 3.8) is 0 Å². The molecule has 0 aromatic carbocycles. The van der Waals surface area contributed by atoms with Crippen molar-refractivity contribution in [2.75, 3.05) is 0 Å². The van der Waals surface area contributed by atoms with Crippen LogP contribution in [0.5, 0.6) is 0 Å². The fraction of sp³-hybridized carbons (Fsp3) is 0.885. The van der Waals surface area contributed by atoms with E-state index in [1.165, 1.54) is 129 Å². The van der Waals surface area contributed by atoms with E-state index in [0.717, 1.165) is 0 Å². The van der Waals surface area contributed by atoms with E-state index in [1.54, 1.807) is 5.82 Å². The van der Waals surface area contributed by atoms with Crippen LogP contribution in [0.25, 0.3) is 0 Å². The van der Waals surface area contributed by atoms with Gasteiger partial charge in [-0.05, 0) is 25.7 Å². The van der Waals surface area contributed by atoms with Gasteiger partial charge in [0, 0.05) is 6.42 Å². The molecule has 0 unspecified atom stereocenters. The molecule has 2 heteroatoms. The Morgan fingerprint density at radius 1 is 0.607 bits per heavy atom. The molecule has 1 aromatic rings. The molecule has 0 radical (unpaired) electrons. The Bertz CT molecular complexity index is 449. The lowest BCUT2D eigenvalue weighted by atomic mass is 10.0. The van der Waals surface area contributed by atoms with E-state index in [9.17, 15) is 0 Å². The van der Waals surface area contributed by atoms with E-state index in [-0.39, 0.29) is 0 Å². The van der Waals surface area contributed by atoms with Crippen LogP contribution in [0.15, 0.2) is 12.4 Å². The summed E-state index contributed by atoms with van der Waals surface area (Å²) < 4.78 is 5.06. The Balaban J connectivity index is 2.08. The molecular weight excluding hydrogens is 340 g/mol. The second-order valence-electron chi connectivity index (χ2n) is 8.80. The Labute approximate surface area is 177 Å². The van der Waals surface area contributed by atoms with Gasteiger partial charge in [0.25, 0.3) is 5.82 Å². The standard InChI is InChI=1S/C26H51N2/c1-4-7-10-11-12-13-14-15-16-17-18-19-20-23-28-25-24-27(22-9-6-3)26(28)21-8-5-2/h24-25H,4-23H2,1-3H3/q+1. The van der Waals surface area contributed by atoms with Crippen molar-refractivity contribution < 1.29 is 4.57 Å². The topological polar surface area (TPSA) is 8.81 Å². The highest BCUT2D eigenvalue weighted by atomic mass is 15.1. The van der Waals surface area contributed by atoms with E-state index in [4.69, 9.17) is 0 Å². The maximum atomic E-state index is 2.55. The van der Waals surface area contributed by atoms with Gasteiger partial charge in [0.2, 0.25) is 0 Å². The van der Waals surface area contributed by atoms with Crippen molar-refractivity contribution in [2.24, 2.45) is 0 Å². The molecule has 0 aliphatic heterocycles. The van der Waals surface area contributed by atoms with Crippen LogP contribution in [0.4, 0.5) is 0 Å². The summed E-state index contributed by atoms with van der Waals surface area (Å²) in [5, 5.41) is 0. The summed E-state index contributed by atoms with van der Waals surface area (Å²) in [5.74, 6) is 1.56. The van der Waals surface area contributed by atoms with Crippen molar-refractivity contribution in [3.8, 4) is 0 Å². The van der Waals surface area contributed by atoms with Gasteiger partial charge < -0.3 is 0 Å². The number of imidazole rings is 1. The summed E-state index contributed by atoms with van der Waals surface area (Å²) in [5.41, 5.74) is 0. The maximum Gasteiger partial charge on any atom is 0.256 e. The summed E-state index contributed by atoms with van der Waals surface area (Å²) in [4.78, 5) is 0. The van der Waals surface area contributed by atoms with Gasteiger partial charge in [-0.3, -0.25) is 0 Å². The smallest absolute Gasteiger partial charge is 0.234 e. The highest BCUT2D eigenvalue weighted by Crippen LogP contribution is 2.12. The number of nitrogens with zero attached hydrogens (tertiary/aromatic N) is 2. The number of rotatable bonds is 20. The van der Waals surface area contributed by atoms with Gasteiger partial charge in [0.05, 0.1) is 13.1 Å². The molecule has 0 amide bonds. The lowest BCUT2D eigenvalue weighted by molar-refractivity contribution is -0.704. The normalized spacial score (nSPS) is 11.4. The second-order valence-corrected chi connectivity index (χ2v) is 8.80. The highest BCUT2D eigenvalue weighted by Gasteiger charge is 2.15. The fourth-order valence-corrected chi connectivity index (χ4v) is 4.16. The molecule has 0 atom stereocenters. The molecule has 0 fully saturated rings. The fourth-order valence-electron chi connectivity index (χ4n) is 4.16. The minimum Gasteiger partial charge on any atom is -0.234 e. The minimum atomic E-state index is 1.20. The first-order valence-electron chi connectivity index (χ1n) is 12.9. The average Bonchev–Trinajstić information content (AvgIpc) is 3.09. The SMILES string of the molecule is CCCCCCCCCCCCCCC[n+]1ccn(CCCC)c1CCCC. The quantitative estimate of drug-likeness (QED) is 0.157. The number of hydrogen-bond acceptors (Lipinski definition) is 0. The van der Waals surface area contributed by atoms with E-state index >= 15 is 0 Å². The molecule has 0 aliphatic carbocycles. The third-order valence-corrected chi connectivity index (χ3v) is 6.10. The van der Waals surface area contributed by atoms with Crippen LogP contribution in [0.1, 0.15) is 136 Å². The van der Waals surface area contributed by atoms with Crippen molar-refractivity contribution >= 4 is 0 Å². The van der Waals surface area contributed by atoms with Crippen molar-refractivity contribution in [3.05, 3.63) is 18.2 Å². The zero-order valence-corrected chi connectivity index (χ0v) is 19.7. The molecule has 0 aliphatic rings. The zero-order chi connectivity index (χ0) is 20.3. The maximum absolute atomic E-state index is 2.55. The van der Waals surface area contributed by atoms with Gasteiger partial charge in [-0.2, -0.15) is 0 Å². The molecule has 164 valence electrons. The molecule has 1 aromatic heterocycles. The lowest BCUT2D eigenvalue weighted by Gasteiger charge is -2.05. The molecule has 0 saturated carbocycles. The first-order valence-corrected chi connectivity index (χ1v) is 12.9. The van der Waals surface area contributed by atoms with Crippen LogP contribution in [-0.4, -0.2) is 4.57 Å². The summed E-state index contributed by atoms with van der Waals surface area (Å²) in [7, 11) is 0. The summed E-state index contributed by atoms with van der Waals surface area (Å²) in [6.07, 6.45) is 29.7. The first kappa shape index (κ1) is 25.2. The number of unbranched alkanes of at least 4 members (excludes halogenated alkanes) is 14. The highest BCUT2D eigenvalue weighted by molar-refractivity contribution is 4.84. The monoisotopic (exact) mass is 391 g/mol. The van der Waals surface area contributed by atoms with Gasteiger partial charge >= 0.3 is 0 Å². The Hall–Kier alpha value is -0.790. The van der Waals surface area contributed by atoms with Gasteiger partial charge in [-0.25, -0.2) is 9.13 Å². The summed E-state index contributed by atoms with van der Waals surface area (Å²) in [6, 6.07) is 0. The second kappa shape index (κ2) is 18.3. The summed E-state index contributed by atoms with van der Waals surface area (Å²) in [6.45, 7) is 9.30. The van der Waals surface area contributed by atoms with Crippen LogP contribution in [0.3, 0.4) is 0 Å². The molecule has 2 nitrogen and oxygen atoms in total. The predicted molar refractivity (Wildman–Crippen MR) is 124 cm³/mol. The molecule has 0 bridgehead atoms. The van der Waals surface area contributed by atoms with Crippen LogP contribution < -0.4 is 4.57 Å². The largest absolute Gasteiger partial charge is 0.256 e. The minimum absolute atomic E-state index is 1.20. The zero-order valence-electron chi connectivity index (χ0n) is 19.7. The number of aryl methyl sites for hydroxylation is 2. The molecule has 1 rings (SSSR count). The van der Waals surface area contributed by atoms with E-state index < -0.39 is 0 Å². The van der Waals surface area contributed by atoms with Crippen LogP contribution in [-0.2, 0) is 19.5 Å². The Kier molecular flexibility index (Phi) is 16.5. The molecule has 1 heterocycles. The van der Waals surface area contributed by atoms with E-state index in [2.05, 4.69) is 42.3 Å². The number of aromatic nitrogens is 2. The van der Waals surface area contributed by atoms with Crippen molar-refractivity contribution in [1.82, 2.24) is 4.57 Å². The van der Waals surface area contributed by atoms with E-state index in [1.807, 2.05) is 0 Å². The Morgan fingerprint density at radius 2 is 1.11 bits per heavy atom. The van der Waals surface area contributed by atoms with Crippen molar-refractivity contribution in [2.45, 2.75) is 149 Å². The average molecular weight is 392 g/mol. The van der Waals surface area contributed by atoms with Gasteiger partial charge in [-0.1, -0.05) is 104 Å². The van der Waals surface area contributed by atoms with Crippen LogP contribution >= 0.6 is 0 Å². The van der Waals surface area contributed by atoms with Crippen molar-refractivity contribution in [1.29, 1.82) is 0 Å². The van der Waals surface area contributed by atoms with Gasteiger partial charge in [0.1, 0.15) is 12.4 Å². The molecule has 0 saturated heterocycles. The van der Waals surface area contributed by atoms with Crippen LogP contribution in [0, 0.1) is 0 Å². The third-order valence-electron chi connectivity index (χ3n) is 6.10. The van der Waals surface area contributed by atoms with Gasteiger partial charge in [0.15, 0.2) is 0 Å².